The molecule has 0 aliphatic carbocycles. The lowest BCUT2D eigenvalue weighted by molar-refractivity contribution is -0.134. The highest BCUT2D eigenvalue weighted by molar-refractivity contribution is 5.83. The van der Waals surface area contributed by atoms with E-state index in [1.165, 1.54) is 5.56 Å². The summed E-state index contributed by atoms with van der Waals surface area (Å²) in [6.45, 7) is 6.56. The molecule has 1 amide bonds. The summed E-state index contributed by atoms with van der Waals surface area (Å²) in [7, 11) is 0. The van der Waals surface area contributed by atoms with E-state index in [0.29, 0.717) is 0 Å². The SMILES string of the molecule is CCC(C(=O)N1CCN(C/C=C/c2ccccc2)CC1)c1ccccc1. The third kappa shape index (κ3) is 4.83. The molecule has 1 fully saturated rings. The molecular formula is C23H28N2O. The van der Waals surface area contributed by atoms with E-state index in [9.17, 15) is 4.79 Å². The van der Waals surface area contributed by atoms with Gasteiger partial charge in [0.05, 0.1) is 5.92 Å². The molecule has 1 unspecified atom stereocenters. The molecule has 0 spiro atoms. The van der Waals surface area contributed by atoms with E-state index in [1.807, 2.05) is 29.2 Å². The molecule has 1 aliphatic heterocycles. The first-order valence-corrected chi connectivity index (χ1v) is 9.55. The summed E-state index contributed by atoms with van der Waals surface area (Å²) < 4.78 is 0. The maximum absolute atomic E-state index is 12.9. The van der Waals surface area contributed by atoms with Gasteiger partial charge in [-0.25, -0.2) is 0 Å². The van der Waals surface area contributed by atoms with Crippen LogP contribution in [-0.4, -0.2) is 48.4 Å². The Bertz CT molecular complexity index is 704. The molecule has 0 aromatic heterocycles. The highest BCUT2D eigenvalue weighted by Crippen LogP contribution is 2.22. The van der Waals surface area contributed by atoms with Gasteiger partial charge in [0.15, 0.2) is 0 Å². The van der Waals surface area contributed by atoms with Gasteiger partial charge in [-0.3, -0.25) is 9.69 Å². The van der Waals surface area contributed by atoms with Crippen molar-refractivity contribution in [3.63, 3.8) is 0 Å². The minimum absolute atomic E-state index is 0.0132. The number of carbonyl (C=O) groups excluding carboxylic acids is 1. The number of carbonyl (C=O) groups is 1. The molecular weight excluding hydrogens is 320 g/mol. The van der Waals surface area contributed by atoms with Crippen LogP contribution >= 0.6 is 0 Å². The number of amides is 1. The predicted molar refractivity (Wildman–Crippen MR) is 108 cm³/mol. The lowest BCUT2D eigenvalue weighted by atomic mass is 9.95. The summed E-state index contributed by atoms with van der Waals surface area (Å²) in [6, 6.07) is 20.5. The smallest absolute Gasteiger partial charge is 0.230 e. The van der Waals surface area contributed by atoms with Crippen LogP contribution in [0.3, 0.4) is 0 Å². The highest BCUT2D eigenvalue weighted by atomic mass is 16.2. The van der Waals surface area contributed by atoms with E-state index < -0.39 is 0 Å². The third-order valence-electron chi connectivity index (χ3n) is 5.07. The van der Waals surface area contributed by atoms with Crippen molar-refractivity contribution >= 4 is 12.0 Å². The van der Waals surface area contributed by atoms with Crippen LogP contribution in [0.2, 0.25) is 0 Å². The molecule has 136 valence electrons. The van der Waals surface area contributed by atoms with Crippen LogP contribution in [0.1, 0.15) is 30.4 Å². The van der Waals surface area contributed by atoms with Crippen LogP contribution in [0.15, 0.2) is 66.7 Å². The Morgan fingerprint density at radius 1 is 0.962 bits per heavy atom. The van der Waals surface area contributed by atoms with E-state index >= 15 is 0 Å². The monoisotopic (exact) mass is 348 g/mol. The first-order valence-electron chi connectivity index (χ1n) is 9.55. The van der Waals surface area contributed by atoms with Crippen LogP contribution in [-0.2, 0) is 4.79 Å². The fraction of sp³-hybridized carbons (Fsp3) is 0.348. The largest absolute Gasteiger partial charge is 0.340 e. The number of hydrogen-bond acceptors (Lipinski definition) is 2. The van der Waals surface area contributed by atoms with Crippen LogP contribution in [0.5, 0.6) is 0 Å². The van der Waals surface area contributed by atoms with Gasteiger partial charge >= 0.3 is 0 Å². The molecule has 0 bridgehead atoms. The van der Waals surface area contributed by atoms with Crippen LogP contribution < -0.4 is 0 Å². The Labute approximate surface area is 156 Å². The first kappa shape index (κ1) is 18.4. The number of piperazine rings is 1. The molecule has 1 heterocycles. The van der Waals surface area contributed by atoms with Gasteiger partial charge in [-0.05, 0) is 17.5 Å². The van der Waals surface area contributed by atoms with E-state index in [0.717, 1.165) is 44.7 Å². The van der Waals surface area contributed by atoms with Gasteiger partial charge in [0, 0.05) is 32.7 Å². The summed E-state index contributed by atoms with van der Waals surface area (Å²) in [5.74, 6) is 0.263. The molecule has 2 aromatic rings. The lowest BCUT2D eigenvalue weighted by Gasteiger charge is -2.36. The van der Waals surface area contributed by atoms with Crippen LogP contribution in [0.4, 0.5) is 0 Å². The average molecular weight is 348 g/mol. The van der Waals surface area contributed by atoms with Gasteiger partial charge in [-0.15, -0.1) is 0 Å². The Balaban J connectivity index is 1.50. The fourth-order valence-corrected chi connectivity index (χ4v) is 3.51. The van der Waals surface area contributed by atoms with Crippen molar-refractivity contribution in [1.29, 1.82) is 0 Å². The molecule has 26 heavy (non-hydrogen) atoms. The minimum atomic E-state index is -0.0132. The lowest BCUT2D eigenvalue weighted by Crippen LogP contribution is -2.49. The van der Waals surface area contributed by atoms with Gasteiger partial charge < -0.3 is 4.90 Å². The van der Waals surface area contributed by atoms with Crippen LogP contribution in [0.25, 0.3) is 6.08 Å². The second-order valence-electron chi connectivity index (χ2n) is 6.81. The molecule has 1 atom stereocenters. The van der Waals surface area contributed by atoms with Crippen molar-refractivity contribution in [2.75, 3.05) is 32.7 Å². The predicted octanol–water partition coefficient (Wildman–Crippen LogP) is 4.04. The Morgan fingerprint density at radius 2 is 1.58 bits per heavy atom. The van der Waals surface area contributed by atoms with Gasteiger partial charge in [0.25, 0.3) is 0 Å². The molecule has 0 radical (unpaired) electrons. The number of rotatable bonds is 6. The molecule has 3 heteroatoms. The number of hydrogen-bond donors (Lipinski definition) is 0. The van der Waals surface area contributed by atoms with E-state index in [-0.39, 0.29) is 11.8 Å². The van der Waals surface area contributed by atoms with E-state index in [4.69, 9.17) is 0 Å². The van der Waals surface area contributed by atoms with Crippen molar-refractivity contribution in [2.24, 2.45) is 0 Å². The Hall–Kier alpha value is -2.39. The van der Waals surface area contributed by atoms with Gasteiger partial charge in [-0.1, -0.05) is 79.7 Å². The van der Waals surface area contributed by atoms with Crippen LogP contribution in [0, 0.1) is 0 Å². The van der Waals surface area contributed by atoms with Gasteiger partial charge in [0.1, 0.15) is 0 Å². The molecule has 0 N–H and O–H groups in total. The maximum Gasteiger partial charge on any atom is 0.230 e. The van der Waals surface area contributed by atoms with Crippen molar-refractivity contribution in [3.05, 3.63) is 77.9 Å². The summed E-state index contributed by atoms with van der Waals surface area (Å²) >= 11 is 0. The zero-order valence-corrected chi connectivity index (χ0v) is 15.6. The topological polar surface area (TPSA) is 23.6 Å². The summed E-state index contributed by atoms with van der Waals surface area (Å²) in [5.41, 5.74) is 2.36. The summed E-state index contributed by atoms with van der Waals surface area (Å²) in [6.07, 6.45) is 5.23. The minimum Gasteiger partial charge on any atom is -0.340 e. The van der Waals surface area contributed by atoms with Crippen molar-refractivity contribution in [1.82, 2.24) is 9.80 Å². The zero-order chi connectivity index (χ0) is 18.2. The van der Waals surface area contributed by atoms with Gasteiger partial charge in [-0.2, -0.15) is 0 Å². The van der Waals surface area contributed by atoms with Gasteiger partial charge in [0.2, 0.25) is 5.91 Å². The summed E-state index contributed by atoms with van der Waals surface area (Å²) in [4.78, 5) is 17.4. The first-order chi connectivity index (χ1) is 12.8. The quantitative estimate of drug-likeness (QED) is 0.787. The standard InChI is InChI=1S/C23H28N2O/c1-2-22(21-13-7-4-8-14-21)23(26)25-18-16-24(17-19-25)15-9-12-20-10-5-3-6-11-20/h3-14,22H,2,15-19H2,1H3/b12-9+. The third-order valence-corrected chi connectivity index (χ3v) is 5.07. The van der Waals surface area contributed by atoms with Crippen molar-refractivity contribution < 1.29 is 4.79 Å². The Kier molecular flexibility index (Phi) is 6.62. The highest BCUT2D eigenvalue weighted by Gasteiger charge is 2.27. The maximum atomic E-state index is 12.9. The molecule has 3 nitrogen and oxygen atoms in total. The molecule has 3 rings (SSSR count). The Morgan fingerprint density at radius 3 is 2.19 bits per heavy atom. The van der Waals surface area contributed by atoms with Crippen molar-refractivity contribution in [3.8, 4) is 0 Å². The van der Waals surface area contributed by atoms with E-state index in [1.54, 1.807) is 0 Å². The molecule has 2 aromatic carbocycles. The van der Waals surface area contributed by atoms with E-state index in [2.05, 4.69) is 60.4 Å². The normalized spacial score (nSPS) is 16.7. The molecule has 1 saturated heterocycles. The van der Waals surface area contributed by atoms with Crippen molar-refractivity contribution in [2.45, 2.75) is 19.3 Å². The second-order valence-corrected chi connectivity index (χ2v) is 6.81. The zero-order valence-electron chi connectivity index (χ0n) is 15.6. The number of nitrogens with zero attached hydrogens (tertiary/aromatic N) is 2. The molecule has 1 aliphatic rings. The number of benzene rings is 2. The fourth-order valence-electron chi connectivity index (χ4n) is 3.51. The second kappa shape index (κ2) is 9.35. The summed E-state index contributed by atoms with van der Waals surface area (Å²) in [5, 5.41) is 0. The average Bonchev–Trinajstić information content (AvgIpc) is 2.71. The molecule has 0 saturated carbocycles.